The van der Waals surface area contributed by atoms with Gasteiger partial charge in [-0.1, -0.05) is 74.4 Å². The predicted molar refractivity (Wildman–Crippen MR) is 175 cm³/mol. The zero-order valence-corrected chi connectivity index (χ0v) is 26.5. The molecule has 0 heterocycles. The first kappa shape index (κ1) is 35.4. The lowest BCUT2D eigenvalue weighted by molar-refractivity contribution is -0.187. The van der Waals surface area contributed by atoms with E-state index in [1.165, 1.54) is 30.5 Å². The van der Waals surface area contributed by atoms with E-state index in [-0.39, 0.29) is 22.3 Å². The Morgan fingerprint density at radius 3 is 1.84 bits per heavy atom. The summed E-state index contributed by atoms with van der Waals surface area (Å²) in [6.45, 7) is 2.17. The molecule has 0 fully saturated rings. The van der Waals surface area contributed by atoms with Crippen LogP contribution in [0, 0.1) is 34.9 Å². The highest BCUT2D eigenvalue weighted by atomic mass is 19.3. The van der Waals surface area contributed by atoms with Crippen molar-refractivity contribution in [3.63, 3.8) is 0 Å². The molecule has 9 heteroatoms. The lowest BCUT2D eigenvalue weighted by Crippen LogP contribution is -2.23. The molecular formula is C40H32F8O. The third-order valence-corrected chi connectivity index (χ3v) is 8.07. The van der Waals surface area contributed by atoms with Crippen LogP contribution in [0.2, 0.25) is 0 Å². The number of allylic oxidation sites excluding steroid dienone is 1. The minimum absolute atomic E-state index is 0.0227. The first-order valence-corrected chi connectivity index (χ1v) is 15.8. The summed E-state index contributed by atoms with van der Waals surface area (Å²) in [5, 5.41) is 0. The Bertz CT molecular complexity index is 1930. The van der Waals surface area contributed by atoms with Gasteiger partial charge in [-0.15, -0.1) is 0 Å². The maximum atomic E-state index is 15.0. The predicted octanol–water partition coefficient (Wildman–Crippen LogP) is 12.4. The van der Waals surface area contributed by atoms with Gasteiger partial charge in [0, 0.05) is 17.2 Å². The van der Waals surface area contributed by atoms with Crippen LogP contribution < -0.4 is 4.74 Å². The van der Waals surface area contributed by atoms with E-state index in [0.717, 1.165) is 61.2 Å². The minimum atomic E-state index is -4.16. The first-order valence-electron chi connectivity index (χ1n) is 15.8. The summed E-state index contributed by atoms with van der Waals surface area (Å²) in [5.74, 6) is -8.59. The molecule has 5 rings (SSSR count). The topological polar surface area (TPSA) is 9.23 Å². The number of unbranched alkanes of at least 4 members (excludes halogenated alkanes) is 2. The van der Waals surface area contributed by atoms with Crippen molar-refractivity contribution in [2.45, 2.75) is 51.6 Å². The van der Waals surface area contributed by atoms with Crippen molar-refractivity contribution in [2.24, 2.45) is 0 Å². The van der Waals surface area contributed by atoms with Crippen molar-refractivity contribution < 1.29 is 39.9 Å². The maximum absolute atomic E-state index is 15.0. The van der Waals surface area contributed by atoms with E-state index in [9.17, 15) is 22.0 Å². The van der Waals surface area contributed by atoms with Crippen molar-refractivity contribution >= 4 is 6.08 Å². The molecule has 0 bridgehead atoms. The molecule has 1 nitrogen and oxygen atoms in total. The van der Waals surface area contributed by atoms with E-state index in [1.807, 2.05) is 6.08 Å². The van der Waals surface area contributed by atoms with E-state index in [4.69, 9.17) is 0 Å². The molecule has 0 spiro atoms. The minimum Gasteiger partial charge on any atom is -0.429 e. The standard InChI is InChI=1S/C40H32F8O/c1-2-3-4-7-25-10-12-26(13-11-25)8-5-6-9-27-14-19-33(36(43)20-27)40(47,48)49-30-16-18-31(35(42)24-30)28-15-17-32(34(41)21-28)29-22-37(44)39(46)38(45)23-29/h6,9-24H,2-5,7-8H2,1H3. The average molecular weight is 681 g/mol. The zero-order chi connectivity index (χ0) is 35.1. The molecule has 49 heavy (non-hydrogen) atoms. The number of hydrogen-bond acceptors (Lipinski definition) is 1. The molecule has 0 radical (unpaired) electrons. The van der Waals surface area contributed by atoms with Crippen molar-refractivity contribution in [3.8, 4) is 28.0 Å². The number of hydrogen-bond donors (Lipinski definition) is 0. The van der Waals surface area contributed by atoms with Crippen LogP contribution in [0.3, 0.4) is 0 Å². The molecule has 0 aliphatic carbocycles. The highest BCUT2D eigenvalue weighted by molar-refractivity contribution is 5.72. The Morgan fingerprint density at radius 2 is 1.20 bits per heavy atom. The fraction of sp³-hybridized carbons (Fsp3) is 0.200. The average Bonchev–Trinajstić information content (AvgIpc) is 3.06. The molecule has 0 saturated heterocycles. The third-order valence-electron chi connectivity index (χ3n) is 8.07. The fourth-order valence-corrected chi connectivity index (χ4v) is 5.42. The molecule has 0 atom stereocenters. The Balaban J connectivity index is 1.21. The van der Waals surface area contributed by atoms with Crippen LogP contribution in [0.4, 0.5) is 35.1 Å². The van der Waals surface area contributed by atoms with Crippen LogP contribution in [0.15, 0.2) is 97.1 Å². The third kappa shape index (κ3) is 8.76. The number of rotatable bonds is 13. The molecule has 254 valence electrons. The molecule has 0 saturated carbocycles. The second-order valence-corrected chi connectivity index (χ2v) is 11.7. The van der Waals surface area contributed by atoms with Gasteiger partial charge in [0.25, 0.3) is 0 Å². The van der Waals surface area contributed by atoms with Crippen LogP contribution in [0.1, 0.15) is 54.9 Å². The Morgan fingerprint density at radius 1 is 0.592 bits per heavy atom. The van der Waals surface area contributed by atoms with E-state index < -0.39 is 52.3 Å². The summed E-state index contributed by atoms with van der Waals surface area (Å²) in [7, 11) is 0. The second kappa shape index (κ2) is 15.5. The largest absolute Gasteiger partial charge is 0.429 e. The summed E-state index contributed by atoms with van der Waals surface area (Å²) in [5.41, 5.74) is 1.03. The molecule has 0 amide bonds. The number of benzene rings is 5. The highest BCUT2D eigenvalue weighted by Crippen LogP contribution is 2.36. The summed E-state index contributed by atoms with van der Waals surface area (Å²) >= 11 is 0. The van der Waals surface area contributed by atoms with Crippen LogP contribution in [-0.2, 0) is 19.0 Å². The Hall–Kier alpha value is -4.92. The summed E-state index contributed by atoms with van der Waals surface area (Å²) in [6.07, 6.45) is 5.36. The highest BCUT2D eigenvalue weighted by Gasteiger charge is 2.38. The van der Waals surface area contributed by atoms with Gasteiger partial charge in [-0.2, -0.15) is 8.78 Å². The van der Waals surface area contributed by atoms with E-state index >= 15 is 13.2 Å². The van der Waals surface area contributed by atoms with Crippen molar-refractivity contribution in [3.05, 3.63) is 154 Å². The summed E-state index contributed by atoms with van der Waals surface area (Å²) in [6, 6.07) is 18.8. The van der Waals surface area contributed by atoms with Gasteiger partial charge in [0.1, 0.15) is 23.2 Å². The van der Waals surface area contributed by atoms with Gasteiger partial charge >= 0.3 is 6.11 Å². The van der Waals surface area contributed by atoms with E-state index in [2.05, 4.69) is 35.9 Å². The second-order valence-electron chi connectivity index (χ2n) is 11.7. The monoisotopic (exact) mass is 680 g/mol. The molecule has 5 aromatic rings. The smallest absolute Gasteiger partial charge is 0.429 e. The molecule has 0 N–H and O–H groups in total. The normalized spacial score (nSPS) is 11.8. The van der Waals surface area contributed by atoms with Gasteiger partial charge < -0.3 is 4.74 Å². The lowest BCUT2D eigenvalue weighted by Gasteiger charge is -2.19. The van der Waals surface area contributed by atoms with Gasteiger partial charge in [0.15, 0.2) is 17.5 Å². The van der Waals surface area contributed by atoms with Crippen molar-refractivity contribution in [1.29, 1.82) is 0 Å². The Kier molecular flexibility index (Phi) is 11.2. The van der Waals surface area contributed by atoms with Gasteiger partial charge in [0.05, 0.1) is 5.56 Å². The molecule has 0 unspecified atom stereocenters. The summed E-state index contributed by atoms with van der Waals surface area (Å²) in [4.78, 5) is 0. The summed E-state index contributed by atoms with van der Waals surface area (Å²) < 4.78 is 120. The van der Waals surface area contributed by atoms with Crippen LogP contribution >= 0.6 is 0 Å². The molecule has 0 aliphatic rings. The van der Waals surface area contributed by atoms with E-state index in [1.54, 1.807) is 6.08 Å². The molecular weight excluding hydrogens is 648 g/mol. The van der Waals surface area contributed by atoms with Gasteiger partial charge in [-0.05, 0) is 96.0 Å². The lowest BCUT2D eigenvalue weighted by atomic mass is 9.99. The SMILES string of the molecule is CCCCCc1ccc(CCC=Cc2ccc(C(F)(F)Oc3ccc(-c4ccc(-c5cc(F)c(F)c(F)c5)c(F)c4)c(F)c3)c(F)c2)cc1. The van der Waals surface area contributed by atoms with Gasteiger partial charge in [0.2, 0.25) is 0 Å². The van der Waals surface area contributed by atoms with Crippen molar-refractivity contribution in [1.82, 2.24) is 0 Å². The van der Waals surface area contributed by atoms with Crippen LogP contribution in [-0.4, -0.2) is 0 Å². The quantitative estimate of drug-likeness (QED) is 0.0683. The number of aryl methyl sites for hydroxylation is 2. The molecule has 5 aromatic carbocycles. The maximum Gasteiger partial charge on any atom is 0.429 e. The molecule has 0 aromatic heterocycles. The number of ether oxygens (including phenoxy) is 1. The van der Waals surface area contributed by atoms with Crippen LogP contribution in [0.5, 0.6) is 5.75 Å². The first-order chi connectivity index (χ1) is 23.4. The molecule has 0 aliphatic heterocycles. The van der Waals surface area contributed by atoms with Crippen molar-refractivity contribution in [2.75, 3.05) is 0 Å². The van der Waals surface area contributed by atoms with E-state index in [0.29, 0.717) is 30.2 Å². The van der Waals surface area contributed by atoms with Crippen LogP contribution in [0.25, 0.3) is 28.3 Å². The number of alkyl halides is 2. The van der Waals surface area contributed by atoms with Gasteiger partial charge in [-0.25, -0.2) is 26.3 Å². The van der Waals surface area contributed by atoms with Gasteiger partial charge in [-0.3, -0.25) is 0 Å². The Labute approximate surface area is 279 Å². The zero-order valence-electron chi connectivity index (χ0n) is 26.5. The number of halogens is 8. The fourth-order valence-electron chi connectivity index (χ4n) is 5.42.